The third-order valence-corrected chi connectivity index (χ3v) is 3.04. The smallest absolute Gasteiger partial charge is 0.328 e. The van der Waals surface area contributed by atoms with Crippen LogP contribution in [0.1, 0.15) is 6.92 Å². The average molecular weight is 296 g/mol. The van der Waals surface area contributed by atoms with Crippen LogP contribution in [0, 0.1) is 0 Å². The van der Waals surface area contributed by atoms with Gasteiger partial charge in [-0.25, -0.2) is 4.79 Å². The Morgan fingerprint density at radius 3 is 2.57 bits per heavy atom. The van der Waals surface area contributed by atoms with Gasteiger partial charge in [0.2, 0.25) is 17.8 Å². The second kappa shape index (κ2) is 7.02. The van der Waals surface area contributed by atoms with E-state index in [1.165, 1.54) is 7.11 Å². The molecule has 21 heavy (non-hydrogen) atoms. The molecule has 1 aromatic rings. The Balaban J connectivity index is 2.18. The summed E-state index contributed by atoms with van der Waals surface area (Å²) in [7, 11) is 3.07. The van der Waals surface area contributed by atoms with E-state index in [1.807, 2.05) is 4.90 Å². The van der Waals surface area contributed by atoms with Gasteiger partial charge in [-0.1, -0.05) is 0 Å². The van der Waals surface area contributed by atoms with Gasteiger partial charge in [-0.05, 0) is 6.92 Å². The molecular weight excluding hydrogens is 276 g/mol. The van der Waals surface area contributed by atoms with Gasteiger partial charge in [0.15, 0.2) is 0 Å². The number of nitrogens with one attached hydrogen (secondary N) is 2. The van der Waals surface area contributed by atoms with Crippen LogP contribution < -0.4 is 15.5 Å². The maximum absolute atomic E-state index is 11.5. The fraction of sp³-hybridized carbons (Fsp3) is 0.667. The minimum atomic E-state index is -0.542. The molecule has 2 heterocycles. The summed E-state index contributed by atoms with van der Waals surface area (Å²) in [5.41, 5.74) is 0. The van der Waals surface area contributed by atoms with E-state index in [2.05, 4.69) is 30.3 Å². The third kappa shape index (κ3) is 3.91. The normalized spacial score (nSPS) is 16.2. The number of anilines is 3. The lowest BCUT2D eigenvalue weighted by Gasteiger charge is -2.27. The van der Waals surface area contributed by atoms with E-state index in [1.54, 1.807) is 14.0 Å². The molecule has 9 heteroatoms. The average Bonchev–Trinajstić information content (AvgIpc) is 2.54. The zero-order chi connectivity index (χ0) is 15.2. The SMILES string of the molecule is CNc1nc(NC(C)C(=O)OC)nc(N2CCOCC2)n1. The zero-order valence-corrected chi connectivity index (χ0v) is 12.4. The molecule has 1 aliphatic rings. The van der Waals surface area contributed by atoms with Crippen LogP contribution >= 0.6 is 0 Å². The second-order valence-corrected chi connectivity index (χ2v) is 4.52. The van der Waals surface area contributed by atoms with Gasteiger partial charge in [0.05, 0.1) is 20.3 Å². The van der Waals surface area contributed by atoms with E-state index in [-0.39, 0.29) is 5.97 Å². The molecule has 0 aromatic carbocycles. The van der Waals surface area contributed by atoms with Gasteiger partial charge in [-0.15, -0.1) is 0 Å². The third-order valence-electron chi connectivity index (χ3n) is 3.04. The summed E-state index contributed by atoms with van der Waals surface area (Å²) in [5.74, 6) is 0.936. The Morgan fingerprint density at radius 1 is 1.29 bits per heavy atom. The van der Waals surface area contributed by atoms with Crippen LogP contribution in [-0.2, 0) is 14.3 Å². The fourth-order valence-electron chi connectivity index (χ4n) is 1.88. The standard InChI is InChI=1S/C12H20N6O3/c1-8(9(19)20-3)14-11-15-10(13-2)16-12(17-11)18-4-6-21-7-5-18/h8H,4-7H2,1-3H3,(H2,13,14,15,16,17). The first kappa shape index (κ1) is 15.2. The second-order valence-electron chi connectivity index (χ2n) is 4.52. The first-order valence-electron chi connectivity index (χ1n) is 6.75. The molecule has 1 unspecified atom stereocenters. The number of methoxy groups -OCH3 is 1. The van der Waals surface area contributed by atoms with Crippen LogP contribution in [0.4, 0.5) is 17.8 Å². The van der Waals surface area contributed by atoms with E-state index in [9.17, 15) is 4.79 Å². The largest absolute Gasteiger partial charge is 0.467 e. The quantitative estimate of drug-likeness (QED) is 0.710. The molecule has 0 spiro atoms. The highest BCUT2D eigenvalue weighted by molar-refractivity contribution is 5.78. The summed E-state index contributed by atoms with van der Waals surface area (Å²) in [6.45, 7) is 4.41. The van der Waals surface area contributed by atoms with Gasteiger partial charge < -0.3 is 25.0 Å². The molecule has 0 radical (unpaired) electrons. The molecule has 1 fully saturated rings. The fourth-order valence-corrected chi connectivity index (χ4v) is 1.88. The Labute approximate surface area is 123 Å². The molecule has 0 amide bonds. The highest BCUT2D eigenvalue weighted by Crippen LogP contribution is 2.15. The molecule has 0 aliphatic carbocycles. The molecule has 0 bridgehead atoms. The van der Waals surface area contributed by atoms with Gasteiger partial charge in [0.1, 0.15) is 6.04 Å². The molecule has 1 atom stereocenters. The Kier molecular flexibility index (Phi) is 5.09. The van der Waals surface area contributed by atoms with E-state index in [0.717, 1.165) is 13.1 Å². The van der Waals surface area contributed by atoms with Gasteiger partial charge in [-0.3, -0.25) is 0 Å². The van der Waals surface area contributed by atoms with Gasteiger partial charge in [0, 0.05) is 20.1 Å². The maximum Gasteiger partial charge on any atom is 0.328 e. The maximum atomic E-state index is 11.5. The van der Waals surface area contributed by atoms with Crippen LogP contribution in [0.2, 0.25) is 0 Å². The summed E-state index contributed by atoms with van der Waals surface area (Å²) in [5, 5.41) is 5.80. The summed E-state index contributed by atoms with van der Waals surface area (Å²) in [6.07, 6.45) is 0. The zero-order valence-electron chi connectivity index (χ0n) is 12.4. The molecule has 2 N–H and O–H groups in total. The number of esters is 1. The van der Waals surface area contributed by atoms with Gasteiger partial charge in [0.25, 0.3) is 0 Å². The minimum Gasteiger partial charge on any atom is -0.467 e. The number of aromatic nitrogens is 3. The van der Waals surface area contributed by atoms with Gasteiger partial charge in [-0.2, -0.15) is 15.0 Å². The molecule has 9 nitrogen and oxygen atoms in total. The number of rotatable bonds is 5. The monoisotopic (exact) mass is 296 g/mol. The summed E-state index contributed by atoms with van der Waals surface area (Å²) in [6, 6.07) is -0.542. The first-order chi connectivity index (χ1) is 10.1. The van der Waals surface area contributed by atoms with Crippen LogP contribution in [0.15, 0.2) is 0 Å². The number of ether oxygens (including phenoxy) is 2. The molecular formula is C12H20N6O3. The molecule has 116 valence electrons. The van der Waals surface area contributed by atoms with Crippen molar-refractivity contribution in [3.63, 3.8) is 0 Å². The van der Waals surface area contributed by atoms with Crippen molar-refractivity contribution in [2.75, 3.05) is 56.0 Å². The summed E-state index contributed by atoms with van der Waals surface area (Å²) in [4.78, 5) is 26.3. The predicted octanol–water partition coefficient (Wildman–Crippen LogP) is -0.277. The number of carbonyl (C=O) groups is 1. The Hall–Kier alpha value is -2.16. The molecule has 1 saturated heterocycles. The Bertz CT molecular complexity index is 492. The summed E-state index contributed by atoms with van der Waals surface area (Å²) >= 11 is 0. The lowest BCUT2D eigenvalue weighted by molar-refractivity contribution is -0.141. The lowest BCUT2D eigenvalue weighted by atomic mass is 10.3. The predicted molar refractivity (Wildman–Crippen MR) is 77.5 cm³/mol. The molecule has 2 rings (SSSR count). The minimum absolute atomic E-state index is 0.328. The van der Waals surface area contributed by atoms with E-state index >= 15 is 0 Å². The lowest BCUT2D eigenvalue weighted by Crippen LogP contribution is -2.38. The number of carbonyl (C=O) groups excluding carboxylic acids is 1. The molecule has 1 aliphatic heterocycles. The molecule has 1 aromatic heterocycles. The highest BCUT2D eigenvalue weighted by Gasteiger charge is 2.19. The number of morpholine rings is 1. The topological polar surface area (TPSA) is 102 Å². The van der Waals surface area contributed by atoms with Gasteiger partial charge >= 0.3 is 5.97 Å². The van der Waals surface area contributed by atoms with Crippen molar-refractivity contribution in [1.29, 1.82) is 0 Å². The van der Waals surface area contributed by atoms with E-state index < -0.39 is 6.04 Å². The van der Waals surface area contributed by atoms with Crippen LogP contribution in [0.3, 0.4) is 0 Å². The highest BCUT2D eigenvalue weighted by atomic mass is 16.5. The van der Waals surface area contributed by atoms with Crippen molar-refractivity contribution in [3.8, 4) is 0 Å². The van der Waals surface area contributed by atoms with Crippen molar-refractivity contribution in [2.45, 2.75) is 13.0 Å². The number of nitrogens with zero attached hydrogens (tertiary/aromatic N) is 4. The van der Waals surface area contributed by atoms with Crippen LogP contribution in [-0.4, -0.2) is 67.4 Å². The van der Waals surface area contributed by atoms with E-state index in [4.69, 9.17) is 4.74 Å². The number of hydrogen-bond donors (Lipinski definition) is 2. The van der Waals surface area contributed by atoms with Crippen molar-refractivity contribution < 1.29 is 14.3 Å². The molecule has 0 saturated carbocycles. The first-order valence-corrected chi connectivity index (χ1v) is 6.75. The summed E-state index contributed by atoms with van der Waals surface area (Å²) < 4.78 is 9.99. The van der Waals surface area contributed by atoms with Crippen molar-refractivity contribution in [2.24, 2.45) is 0 Å². The van der Waals surface area contributed by atoms with Crippen molar-refractivity contribution >= 4 is 23.8 Å². The van der Waals surface area contributed by atoms with E-state index in [0.29, 0.717) is 31.1 Å². The van der Waals surface area contributed by atoms with Crippen LogP contribution in [0.25, 0.3) is 0 Å². The number of hydrogen-bond acceptors (Lipinski definition) is 9. The van der Waals surface area contributed by atoms with Crippen molar-refractivity contribution in [3.05, 3.63) is 0 Å². The van der Waals surface area contributed by atoms with Crippen LogP contribution in [0.5, 0.6) is 0 Å². The Morgan fingerprint density at radius 2 is 1.95 bits per heavy atom. The van der Waals surface area contributed by atoms with Crippen molar-refractivity contribution in [1.82, 2.24) is 15.0 Å².